The molecule has 8 nitrogen and oxygen atoms in total. The van der Waals surface area contributed by atoms with Crippen LogP contribution in [0.4, 0.5) is 4.39 Å². The average Bonchev–Trinajstić information content (AvgIpc) is 3.10. The van der Waals surface area contributed by atoms with Crippen molar-refractivity contribution in [2.75, 3.05) is 6.54 Å². The maximum Gasteiger partial charge on any atom is 0.269 e. The minimum atomic E-state index is -4.11. The molecule has 1 aliphatic heterocycles. The zero-order chi connectivity index (χ0) is 28.2. The first-order valence-corrected chi connectivity index (χ1v) is 14.1. The van der Waals surface area contributed by atoms with Crippen LogP contribution < -0.4 is 5.32 Å². The van der Waals surface area contributed by atoms with Crippen LogP contribution in [-0.2, 0) is 32.6 Å². The summed E-state index contributed by atoms with van der Waals surface area (Å²) in [5, 5.41) is 2.84. The Hall–Kier alpha value is -4.05. The number of rotatable bonds is 10. The van der Waals surface area contributed by atoms with Gasteiger partial charge in [-0.15, -0.1) is 0 Å². The number of benzene rings is 3. The van der Waals surface area contributed by atoms with Crippen molar-refractivity contribution in [2.24, 2.45) is 0 Å². The Bertz CT molecular complexity index is 1480. The van der Waals surface area contributed by atoms with E-state index in [9.17, 15) is 27.2 Å². The van der Waals surface area contributed by atoms with E-state index in [0.29, 0.717) is 4.31 Å². The van der Waals surface area contributed by atoms with Crippen LogP contribution in [-0.4, -0.2) is 54.0 Å². The van der Waals surface area contributed by atoms with E-state index in [1.807, 2.05) is 30.3 Å². The number of hydrogen-bond donors (Lipinski definition) is 1. The van der Waals surface area contributed by atoms with Gasteiger partial charge in [-0.1, -0.05) is 60.7 Å². The van der Waals surface area contributed by atoms with E-state index in [1.54, 1.807) is 26.0 Å². The molecule has 0 bridgehead atoms. The molecule has 1 heterocycles. The lowest BCUT2D eigenvalue weighted by Crippen LogP contribution is -2.52. The number of sulfonamides is 1. The van der Waals surface area contributed by atoms with Crippen LogP contribution in [0.3, 0.4) is 0 Å². The van der Waals surface area contributed by atoms with E-state index in [-0.39, 0.29) is 41.5 Å². The van der Waals surface area contributed by atoms with Crippen molar-refractivity contribution >= 4 is 27.7 Å². The van der Waals surface area contributed by atoms with Crippen molar-refractivity contribution < 1.29 is 27.2 Å². The molecule has 204 valence electrons. The van der Waals surface area contributed by atoms with Crippen LogP contribution in [0.25, 0.3) is 0 Å². The Morgan fingerprint density at radius 1 is 0.949 bits per heavy atom. The van der Waals surface area contributed by atoms with Gasteiger partial charge < -0.3 is 10.2 Å². The lowest BCUT2D eigenvalue weighted by Gasteiger charge is -2.32. The van der Waals surface area contributed by atoms with Gasteiger partial charge in [0.15, 0.2) is 0 Å². The molecule has 3 aromatic carbocycles. The van der Waals surface area contributed by atoms with E-state index in [0.717, 1.165) is 5.56 Å². The van der Waals surface area contributed by atoms with E-state index in [2.05, 4.69) is 5.32 Å². The van der Waals surface area contributed by atoms with Gasteiger partial charge in [-0.25, -0.2) is 17.1 Å². The van der Waals surface area contributed by atoms with Crippen molar-refractivity contribution in [1.82, 2.24) is 14.5 Å². The number of fused-ring (bicyclic) bond motifs is 1. The second-order valence-corrected chi connectivity index (χ2v) is 11.4. The van der Waals surface area contributed by atoms with Gasteiger partial charge in [0.1, 0.15) is 16.8 Å². The predicted molar refractivity (Wildman–Crippen MR) is 143 cm³/mol. The molecule has 39 heavy (non-hydrogen) atoms. The number of halogens is 1. The third kappa shape index (κ3) is 6.17. The number of hydrogen-bond acceptors (Lipinski definition) is 5. The molecule has 0 fully saturated rings. The molecule has 0 radical (unpaired) electrons. The monoisotopic (exact) mass is 551 g/mol. The first kappa shape index (κ1) is 28.0. The Kier molecular flexibility index (Phi) is 8.44. The molecular weight excluding hydrogens is 521 g/mol. The summed E-state index contributed by atoms with van der Waals surface area (Å²) in [4.78, 5) is 41.1. The predicted octanol–water partition coefficient (Wildman–Crippen LogP) is 3.53. The highest BCUT2D eigenvalue weighted by Gasteiger charge is 2.41. The Morgan fingerprint density at radius 3 is 2.26 bits per heavy atom. The van der Waals surface area contributed by atoms with Crippen molar-refractivity contribution in [1.29, 1.82) is 0 Å². The molecule has 3 aromatic rings. The first-order chi connectivity index (χ1) is 18.6. The zero-order valence-corrected chi connectivity index (χ0v) is 22.5. The number of amides is 3. The molecule has 1 atom stereocenters. The van der Waals surface area contributed by atoms with Crippen molar-refractivity contribution in [3.63, 3.8) is 0 Å². The minimum Gasteiger partial charge on any atom is -0.352 e. The fourth-order valence-corrected chi connectivity index (χ4v) is 6.11. The van der Waals surface area contributed by atoms with Gasteiger partial charge in [0.05, 0.1) is 5.56 Å². The molecular formula is C29H30FN3O5S. The molecule has 0 spiro atoms. The highest BCUT2D eigenvalue weighted by molar-refractivity contribution is 7.90. The molecule has 0 saturated heterocycles. The highest BCUT2D eigenvalue weighted by atomic mass is 32.2. The fourth-order valence-electron chi connectivity index (χ4n) is 4.54. The van der Waals surface area contributed by atoms with Gasteiger partial charge in [-0.3, -0.25) is 14.4 Å². The second kappa shape index (κ2) is 11.8. The average molecular weight is 552 g/mol. The SMILES string of the molecule is CC(C)NC(=O)[C@H](Cc1ccccc1)N(Cc1ccccc1F)C(=O)CCN1C(=O)c2ccccc2S1(=O)=O. The van der Waals surface area contributed by atoms with E-state index in [1.165, 1.54) is 41.3 Å². The lowest BCUT2D eigenvalue weighted by atomic mass is 10.0. The summed E-state index contributed by atoms with van der Waals surface area (Å²) in [7, 11) is -4.11. The smallest absolute Gasteiger partial charge is 0.269 e. The Labute approximate surface area is 227 Å². The summed E-state index contributed by atoms with van der Waals surface area (Å²) in [5.74, 6) is -2.25. The standard InChI is InChI=1S/C29H30FN3O5S/c1-20(2)31-28(35)25(18-21-10-4-3-5-11-21)32(19-22-12-6-8-14-24(22)30)27(34)16-17-33-29(36)23-13-7-9-15-26(23)39(33,37)38/h3-15,20,25H,16-19H2,1-2H3,(H,31,35)/t25-/m0/s1. The van der Waals surface area contributed by atoms with Crippen molar-refractivity contribution in [3.8, 4) is 0 Å². The number of carbonyl (C=O) groups is 3. The third-order valence-electron chi connectivity index (χ3n) is 6.44. The second-order valence-electron chi connectivity index (χ2n) is 9.61. The summed E-state index contributed by atoms with van der Waals surface area (Å²) in [6.45, 7) is 2.96. The van der Waals surface area contributed by atoms with Gasteiger partial charge in [0.25, 0.3) is 15.9 Å². The maximum absolute atomic E-state index is 14.7. The van der Waals surface area contributed by atoms with Crippen molar-refractivity contribution in [3.05, 3.63) is 101 Å². The maximum atomic E-state index is 14.7. The Balaban J connectivity index is 1.65. The van der Waals surface area contributed by atoms with Gasteiger partial charge in [-0.05, 0) is 37.6 Å². The summed E-state index contributed by atoms with van der Waals surface area (Å²) in [5.41, 5.74) is 1.05. The van der Waals surface area contributed by atoms with Crippen LogP contribution in [0.5, 0.6) is 0 Å². The third-order valence-corrected chi connectivity index (χ3v) is 8.28. The molecule has 0 aliphatic carbocycles. The topological polar surface area (TPSA) is 104 Å². The van der Waals surface area contributed by atoms with Crippen LogP contribution >= 0.6 is 0 Å². The first-order valence-electron chi connectivity index (χ1n) is 12.6. The lowest BCUT2D eigenvalue weighted by molar-refractivity contribution is -0.141. The molecule has 1 aliphatic rings. The minimum absolute atomic E-state index is 0.0476. The largest absolute Gasteiger partial charge is 0.352 e. The van der Waals surface area contributed by atoms with Crippen molar-refractivity contribution in [2.45, 2.75) is 50.2 Å². The molecule has 0 saturated carbocycles. The van der Waals surface area contributed by atoms with Crippen LogP contribution in [0.2, 0.25) is 0 Å². The molecule has 0 aromatic heterocycles. The van der Waals surface area contributed by atoms with E-state index >= 15 is 0 Å². The number of nitrogens with zero attached hydrogens (tertiary/aromatic N) is 2. The van der Waals surface area contributed by atoms with Gasteiger partial charge in [0, 0.05) is 37.5 Å². The molecule has 4 rings (SSSR count). The van der Waals surface area contributed by atoms with Crippen LogP contribution in [0.15, 0.2) is 83.8 Å². The van der Waals surface area contributed by atoms with Gasteiger partial charge in [0.2, 0.25) is 11.8 Å². The Morgan fingerprint density at radius 2 is 1.59 bits per heavy atom. The molecule has 3 amide bonds. The zero-order valence-electron chi connectivity index (χ0n) is 21.7. The normalized spacial score (nSPS) is 14.7. The van der Waals surface area contributed by atoms with Crippen LogP contribution in [0.1, 0.15) is 41.8 Å². The van der Waals surface area contributed by atoms with Crippen LogP contribution in [0, 0.1) is 5.82 Å². The summed E-state index contributed by atoms with van der Waals surface area (Å²) in [6, 6.07) is 19.7. The summed E-state index contributed by atoms with van der Waals surface area (Å²) < 4.78 is 41.3. The van der Waals surface area contributed by atoms with Gasteiger partial charge >= 0.3 is 0 Å². The molecule has 10 heteroatoms. The summed E-state index contributed by atoms with van der Waals surface area (Å²) in [6.07, 6.45) is -0.223. The fraction of sp³-hybridized carbons (Fsp3) is 0.276. The van der Waals surface area contributed by atoms with Gasteiger partial charge in [-0.2, -0.15) is 0 Å². The molecule has 0 unspecified atom stereocenters. The van der Waals surface area contributed by atoms with E-state index < -0.39 is 46.1 Å². The summed E-state index contributed by atoms with van der Waals surface area (Å²) >= 11 is 0. The number of carbonyl (C=O) groups excluding carboxylic acids is 3. The quantitative estimate of drug-likeness (QED) is 0.415. The number of nitrogens with one attached hydrogen (secondary N) is 1. The molecule has 1 N–H and O–H groups in total. The highest BCUT2D eigenvalue weighted by Crippen LogP contribution is 2.30. The van der Waals surface area contributed by atoms with E-state index in [4.69, 9.17) is 0 Å².